The molecular weight excluding hydrogens is 296 g/mol. The maximum Gasteiger partial charge on any atom is 0.222 e. The summed E-state index contributed by atoms with van der Waals surface area (Å²) in [5, 5.41) is 7.31. The van der Waals surface area contributed by atoms with Gasteiger partial charge in [-0.05, 0) is 44.3 Å². The van der Waals surface area contributed by atoms with E-state index < -0.39 is 0 Å². The molecule has 2 fully saturated rings. The first kappa shape index (κ1) is 15.7. The highest BCUT2D eigenvalue weighted by atomic mass is 32.1. The maximum atomic E-state index is 12.4. The number of carbonyl (C=O) groups is 1. The number of H-pyrrole nitrogens is 1. The van der Waals surface area contributed by atoms with Gasteiger partial charge in [0.05, 0.1) is 0 Å². The minimum absolute atomic E-state index is 0.314. The average molecular weight is 322 g/mol. The van der Waals surface area contributed by atoms with Crippen LogP contribution in [0, 0.1) is 10.7 Å². The second-order valence-corrected chi connectivity index (χ2v) is 7.03. The van der Waals surface area contributed by atoms with E-state index in [1.54, 1.807) is 0 Å². The fourth-order valence-corrected chi connectivity index (χ4v) is 3.90. The van der Waals surface area contributed by atoms with Gasteiger partial charge in [-0.1, -0.05) is 19.3 Å². The van der Waals surface area contributed by atoms with Crippen LogP contribution in [0.5, 0.6) is 0 Å². The Labute approximate surface area is 137 Å². The van der Waals surface area contributed by atoms with Gasteiger partial charge in [0.25, 0.3) is 0 Å². The molecule has 0 spiro atoms. The van der Waals surface area contributed by atoms with E-state index in [0.717, 1.165) is 57.1 Å². The molecule has 3 rings (SSSR count). The van der Waals surface area contributed by atoms with Gasteiger partial charge in [0, 0.05) is 32.0 Å². The van der Waals surface area contributed by atoms with E-state index in [2.05, 4.69) is 21.7 Å². The third kappa shape index (κ3) is 3.26. The van der Waals surface area contributed by atoms with Gasteiger partial charge < -0.3 is 9.47 Å². The van der Waals surface area contributed by atoms with Crippen molar-refractivity contribution in [2.24, 2.45) is 5.92 Å². The molecule has 1 aliphatic heterocycles. The first-order valence-electron chi connectivity index (χ1n) is 8.62. The van der Waals surface area contributed by atoms with Crippen LogP contribution in [0.3, 0.4) is 0 Å². The van der Waals surface area contributed by atoms with Crippen molar-refractivity contribution >= 4 is 18.1 Å². The number of hydrogen-bond acceptors (Lipinski definition) is 3. The molecule has 0 bridgehead atoms. The number of aromatic nitrogens is 3. The second kappa shape index (κ2) is 6.94. The predicted molar refractivity (Wildman–Crippen MR) is 88.2 cm³/mol. The Bertz CT molecular complexity index is 575. The van der Waals surface area contributed by atoms with Gasteiger partial charge in [0.15, 0.2) is 4.77 Å². The van der Waals surface area contributed by atoms with Gasteiger partial charge >= 0.3 is 0 Å². The molecule has 1 N–H and O–H groups in total. The Hall–Kier alpha value is -1.17. The molecule has 2 aliphatic rings. The van der Waals surface area contributed by atoms with E-state index in [1.807, 2.05) is 4.90 Å². The third-order valence-corrected chi connectivity index (χ3v) is 5.55. The number of nitrogens with one attached hydrogen (secondary N) is 1. The minimum Gasteiger partial charge on any atom is -0.342 e. The van der Waals surface area contributed by atoms with Crippen molar-refractivity contribution in [3.8, 4) is 0 Å². The number of nitrogens with zero attached hydrogens (tertiary/aromatic N) is 3. The lowest BCUT2D eigenvalue weighted by molar-refractivity contribution is -0.132. The molecule has 1 aromatic heterocycles. The van der Waals surface area contributed by atoms with Crippen molar-refractivity contribution in [2.45, 2.75) is 64.3 Å². The molecule has 1 atom stereocenters. The van der Waals surface area contributed by atoms with Crippen LogP contribution in [-0.2, 0) is 11.3 Å². The van der Waals surface area contributed by atoms with Gasteiger partial charge in [-0.25, -0.2) is 0 Å². The number of hydrogen-bond donors (Lipinski definition) is 1. The molecule has 0 aromatic carbocycles. The van der Waals surface area contributed by atoms with Gasteiger partial charge in [-0.2, -0.15) is 5.10 Å². The zero-order chi connectivity index (χ0) is 15.5. The minimum atomic E-state index is 0.314. The molecule has 1 aromatic rings. The summed E-state index contributed by atoms with van der Waals surface area (Å²) < 4.78 is 2.74. The van der Waals surface area contributed by atoms with Crippen LogP contribution in [0.25, 0.3) is 0 Å². The lowest BCUT2D eigenvalue weighted by atomic mass is 9.82. The van der Waals surface area contributed by atoms with Crippen molar-refractivity contribution < 1.29 is 4.79 Å². The average Bonchev–Trinajstić information content (AvgIpc) is 2.86. The number of aromatic amines is 1. The van der Waals surface area contributed by atoms with Crippen LogP contribution < -0.4 is 0 Å². The fraction of sp³-hybridized carbons (Fsp3) is 0.812. The summed E-state index contributed by atoms with van der Waals surface area (Å²) in [6.45, 7) is 4.61. The van der Waals surface area contributed by atoms with Gasteiger partial charge in [-0.15, -0.1) is 0 Å². The van der Waals surface area contributed by atoms with Crippen LogP contribution in [0.1, 0.15) is 63.6 Å². The number of carbonyl (C=O) groups excluding carboxylic acids is 1. The number of likely N-dealkylation sites (tertiary alicyclic amines) is 1. The number of rotatable bonds is 5. The van der Waals surface area contributed by atoms with E-state index >= 15 is 0 Å². The van der Waals surface area contributed by atoms with Gasteiger partial charge in [0.2, 0.25) is 5.91 Å². The smallest absolute Gasteiger partial charge is 0.222 e. The summed E-state index contributed by atoms with van der Waals surface area (Å²) in [6, 6.07) is 0. The highest BCUT2D eigenvalue weighted by molar-refractivity contribution is 7.71. The van der Waals surface area contributed by atoms with Crippen molar-refractivity contribution in [3.05, 3.63) is 10.6 Å². The lowest BCUT2D eigenvalue weighted by Gasteiger charge is -2.33. The summed E-state index contributed by atoms with van der Waals surface area (Å²) in [5.74, 6) is 2.47. The normalized spacial score (nSPS) is 22.6. The summed E-state index contributed by atoms with van der Waals surface area (Å²) in [6.07, 6.45) is 7.94. The summed E-state index contributed by atoms with van der Waals surface area (Å²) in [5.41, 5.74) is 0. The molecule has 0 radical (unpaired) electrons. The Kier molecular flexibility index (Phi) is 4.96. The maximum absolute atomic E-state index is 12.4. The monoisotopic (exact) mass is 322 g/mol. The van der Waals surface area contributed by atoms with Crippen LogP contribution in [0.15, 0.2) is 0 Å². The fourth-order valence-electron chi connectivity index (χ4n) is 3.63. The molecule has 0 unspecified atom stereocenters. The van der Waals surface area contributed by atoms with Gasteiger partial charge in [0.1, 0.15) is 5.82 Å². The first-order chi connectivity index (χ1) is 10.7. The molecule has 122 valence electrons. The van der Waals surface area contributed by atoms with Gasteiger partial charge in [-0.3, -0.25) is 9.89 Å². The van der Waals surface area contributed by atoms with Crippen LogP contribution in [0.2, 0.25) is 0 Å². The lowest BCUT2D eigenvalue weighted by Crippen LogP contribution is -2.40. The van der Waals surface area contributed by atoms with E-state index in [4.69, 9.17) is 12.2 Å². The van der Waals surface area contributed by atoms with E-state index in [0.29, 0.717) is 16.6 Å². The highest BCUT2D eigenvalue weighted by Crippen LogP contribution is 2.31. The van der Waals surface area contributed by atoms with E-state index in [9.17, 15) is 4.79 Å². The molecule has 1 amide bonds. The zero-order valence-electron chi connectivity index (χ0n) is 13.4. The highest BCUT2D eigenvalue weighted by Gasteiger charge is 2.28. The molecule has 22 heavy (non-hydrogen) atoms. The van der Waals surface area contributed by atoms with Crippen molar-refractivity contribution in [2.75, 3.05) is 13.1 Å². The molecule has 6 heteroatoms. The first-order valence-corrected chi connectivity index (χ1v) is 9.02. The van der Waals surface area contributed by atoms with Crippen molar-refractivity contribution in [1.29, 1.82) is 0 Å². The predicted octanol–water partition coefficient (Wildman–Crippen LogP) is 3.25. The van der Waals surface area contributed by atoms with E-state index in [1.165, 1.54) is 19.3 Å². The topological polar surface area (TPSA) is 53.9 Å². The summed E-state index contributed by atoms with van der Waals surface area (Å²) in [7, 11) is 0. The Balaban J connectivity index is 1.60. The summed E-state index contributed by atoms with van der Waals surface area (Å²) in [4.78, 5) is 14.5. The van der Waals surface area contributed by atoms with Crippen LogP contribution in [-0.4, -0.2) is 38.7 Å². The molecular formula is C16H26N4OS. The Morgan fingerprint density at radius 2 is 2.18 bits per heavy atom. The zero-order valence-corrected chi connectivity index (χ0v) is 14.2. The molecule has 2 heterocycles. The van der Waals surface area contributed by atoms with Crippen LogP contribution in [0.4, 0.5) is 0 Å². The SMILES string of the molecule is CCn1c([C@H]2CCCN(C(=O)CCC3CCC3)C2)n[nH]c1=S. The standard InChI is InChI=1S/C16H26N4OS/c1-2-20-15(17-18-16(20)22)13-7-4-10-19(11-13)14(21)9-8-12-5-3-6-12/h12-13H,2-11H2,1H3,(H,18,22)/t13-/m0/s1. The Morgan fingerprint density at radius 1 is 1.36 bits per heavy atom. The van der Waals surface area contributed by atoms with Crippen molar-refractivity contribution in [3.63, 3.8) is 0 Å². The van der Waals surface area contributed by atoms with Crippen LogP contribution >= 0.6 is 12.2 Å². The Morgan fingerprint density at radius 3 is 2.86 bits per heavy atom. The van der Waals surface area contributed by atoms with E-state index in [-0.39, 0.29) is 0 Å². The largest absolute Gasteiger partial charge is 0.342 e. The third-order valence-electron chi connectivity index (χ3n) is 5.23. The quantitative estimate of drug-likeness (QED) is 0.847. The molecule has 1 saturated carbocycles. The molecule has 5 nitrogen and oxygen atoms in total. The molecule has 1 aliphatic carbocycles. The molecule has 1 saturated heterocycles. The van der Waals surface area contributed by atoms with Crippen molar-refractivity contribution in [1.82, 2.24) is 19.7 Å². The summed E-state index contributed by atoms with van der Waals surface area (Å²) >= 11 is 5.28. The second-order valence-electron chi connectivity index (χ2n) is 6.65. The number of amides is 1. The number of piperidine rings is 1.